The number of aromatic nitrogens is 4. The Labute approximate surface area is 228 Å². The number of ether oxygens (including phenoxy) is 1. The van der Waals surface area contributed by atoms with Crippen molar-refractivity contribution >= 4 is 32.5 Å². The number of fused-ring (bicyclic) bond motifs is 1. The lowest BCUT2D eigenvalue weighted by molar-refractivity contribution is -0.141. The van der Waals surface area contributed by atoms with Crippen LogP contribution in [0.5, 0.6) is 11.6 Å². The van der Waals surface area contributed by atoms with Crippen LogP contribution in [0.25, 0.3) is 21.5 Å². The fraction of sp³-hybridized carbons (Fsp3) is 0.407. The Kier molecular flexibility index (Phi) is 7.59. The summed E-state index contributed by atoms with van der Waals surface area (Å²) in [6.45, 7) is 6.83. The smallest absolute Gasteiger partial charge is 0.433 e. The van der Waals surface area contributed by atoms with Crippen molar-refractivity contribution < 1.29 is 17.9 Å². The number of halogens is 3. The predicted octanol–water partition coefficient (Wildman–Crippen LogP) is 6.10. The highest BCUT2D eigenvalue weighted by Gasteiger charge is 2.34. The van der Waals surface area contributed by atoms with E-state index in [9.17, 15) is 13.2 Å². The van der Waals surface area contributed by atoms with Gasteiger partial charge in [-0.15, -0.1) is 0 Å². The van der Waals surface area contributed by atoms with E-state index in [1.807, 2.05) is 12.1 Å². The molecule has 1 fully saturated rings. The molecule has 3 aromatic heterocycles. The normalized spacial score (nSPS) is 16.3. The molecule has 0 spiro atoms. The van der Waals surface area contributed by atoms with E-state index < -0.39 is 11.9 Å². The van der Waals surface area contributed by atoms with Crippen molar-refractivity contribution in [2.45, 2.75) is 38.9 Å². The van der Waals surface area contributed by atoms with E-state index in [4.69, 9.17) is 10.5 Å². The van der Waals surface area contributed by atoms with E-state index >= 15 is 0 Å². The number of rotatable bonds is 8. The van der Waals surface area contributed by atoms with Gasteiger partial charge in [0.2, 0.25) is 5.88 Å². The van der Waals surface area contributed by atoms with Crippen LogP contribution in [0.4, 0.5) is 24.1 Å². The molecule has 4 heterocycles. The second-order valence-electron chi connectivity index (χ2n) is 10.1. The van der Waals surface area contributed by atoms with Gasteiger partial charge in [0.15, 0.2) is 10.9 Å². The average Bonchev–Trinajstić information content (AvgIpc) is 3.48. The van der Waals surface area contributed by atoms with Crippen molar-refractivity contribution in [1.29, 1.82) is 0 Å². The van der Waals surface area contributed by atoms with Crippen LogP contribution in [0.3, 0.4) is 0 Å². The van der Waals surface area contributed by atoms with Crippen molar-refractivity contribution in [2.75, 3.05) is 37.3 Å². The van der Waals surface area contributed by atoms with Gasteiger partial charge in [0.05, 0.1) is 10.4 Å². The number of likely N-dealkylation sites (N-methyl/N-ethyl adjacent to an activating group) is 1. The third-order valence-corrected chi connectivity index (χ3v) is 7.49. The monoisotopic (exact) mass is 557 g/mol. The molecule has 4 aromatic rings. The first-order valence-electron chi connectivity index (χ1n) is 12.8. The Bertz CT molecular complexity index is 1460. The van der Waals surface area contributed by atoms with Gasteiger partial charge < -0.3 is 15.4 Å². The summed E-state index contributed by atoms with van der Waals surface area (Å²) >= 11 is 1.35. The molecule has 0 bridgehead atoms. The number of anilines is 2. The van der Waals surface area contributed by atoms with Crippen molar-refractivity contribution in [3.8, 4) is 22.9 Å². The van der Waals surface area contributed by atoms with E-state index in [0.29, 0.717) is 40.1 Å². The lowest BCUT2D eigenvalue weighted by atomic mass is 10.1. The van der Waals surface area contributed by atoms with Crippen LogP contribution in [0.2, 0.25) is 0 Å². The van der Waals surface area contributed by atoms with Gasteiger partial charge in [-0.1, -0.05) is 31.3 Å². The van der Waals surface area contributed by atoms with Crippen molar-refractivity contribution in [2.24, 2.45) is 5.92 Å². The molecule has 1 aromatic carbocycles. The minimum atomic E-state index is -4.57. The quantitative estimate of drug-likeness (QED) is 0.278. The van der Waals surface area contributed by atoms with E-state index in [2.05, 4.69) is 38.7 Å². The summed E-state index contributed by atoms with van der Waals surface area (Å²) in [6, 6.07) is 9.70. The SMILES string of the molecule is CC(C)CN1CCC[C@H]1CN(C)c1nc(C(F)(F)F)ccc1-c1cc(Oc2cccc3sc(N)nc23)ncn1. The molecule has 39 heavy (non-hydrogen) atoms. The Balaban J connectivity index is 1.47. The molecule has 2 N–H and O–H groups in total. The van der Waals surface area contributed by atoms with Crippen LogP contribution in [0.15, 0.2) is 42.7 Å². The number of nitrogen functional groups attached to an aromatic ring is 1. The number of pyridine rings is 1. The van der Waals surface area contributed by atoms with Gasteiger partial charge in [0.1, 0.15) is 23.4 Å². The molecule has 8 nitrogen and oxygen atoms in total. The number of benzene rings is 1. The zero-order chi connectivity index (χ0) is 27.7. The summed E-state index contributed by atoms with van der Waals surface area (Å²) < 4.78 is 47.9. The highest BCUT2D eigenvalue weighted by atomic mass is 32.1. The number of hydrogen-bond acceptors (Lipinski definition) is 9. The van der Waals surface area contributed by atoms with Gasteiger partial charge in [-0.25, -0.2) is 19.9 Å². The van der Waals surface area contributed by atoms with Crippen LogP contribution in [-0.4, -0.2) is 57.6 Å². The maximum atomic E-state index is 13.7. The number of nitrogens with zero attached hydrogens (tertiary/aromatic N) is 6. The molecule has 0 saturated carbocycles. The standard InChI is InChI=1S/C27H30F3N7OS/c1-16(2)13-37-11-5-6-17(37)14-36(3)25-18(9-10-22(34-25)27(28,29)30)19-12-23(33-15-32-19)38-20-7-4-8-21-24(20)35-26(31)39-21/h4,7-10,12,15-17H,5-6,11,13-14H2,1-3H3,(H2,31,35)/t17-/m0/s1. The number of para-hydroxylation sites is 1. The third-order valence-electron chi connectivity index (χ3n) is 6.64. The maximum Gasteiger partial charge on any atom is 0.433 e. The van der Waals surface area contributed by atoms with Crippen LogP contribution < -0.4 is 15.4 Å². The lowest BCUT2D eigenvalue weighted by Gasteiger charge is -2.31. The van der Waals surface area contributed by atoms with E-state index in [0.717, 1.165) is 36.7 Å². The van der Waals surface area contributed by atoms with Gasteiger partial charge in [0.25, 0.3) is 0 Å². The van der Waals surface area contributed by atoms with Gasteiger partial charge >= 0.3 is 6.18 Å². The molecule has 1 saturated heterocycles. The fourth-order valence-electron chi connectivity index (χ4n) is 4.99. The molecule has 1 atom stereocenters. The Morgan fingerprint density at radius 2 is 2.00 bits per heavy atom. The number of thiazole rings is 1. The molecular weight excluding hydrogens is 527 g/mol. The van der Waals surface area contributed by atoms with E-state index in [1.54, 1.807) is 24.1 Å². The number of likely N-dealkylation sites (tertiary alicyclic amines) is 1. The minimum absolute atomic E-state index is 0.209. The zero-order valence-corrected chi connectivity index (χ0v) is 22.8. The van der Waals surface area contributed by atoms with Crippen molar-refractivity contribution in [3.63, 3.8) is 0 Å². The Morgan fingerprint density at radius 3 is 2.77 bits per heavy atom. The lowest BCUT2D eigenvalue weighted by Crippen LogP contribution is -2.41. The molecule has 0 aliphatic carbocycles. The summed E-state index contributed by atoms with van der Waals surface area (Å²) in [5, 5.41) is 0.419. The van der Waals surface area contributed by atoms with Crippen LogP contribution in [0.1, 0.15) is 32.4 Å². The number of alkyl halides is 3. The van der Waals surface area contributed by atoms with E-state index in [1.165, 1.54) is 23.7 Å². The van der Waals surface area contributed by atoms with Gasteiger partial charge in [-0.3, -0.25) is 4.90 Å². The number of nitrogens with two attached hydrogens (primary N) is 1. The molecular formula is C27H30F3N7OS. The molecule has 1 aliphatic rings. The molecule has 206 valence electrons. The first kappa shape index (κ1) is 27.1. The molecule has 1 aliphatic heterocycles. The largest absolute Gasteiger partial charge is 0.437 e. The van der Waals surface area contributed by atoms with E-state index in [-0.39, 0.29) is 17.7 Å². The van der Waals surface area contributed by atoms with Crippen LogP contribution in [0, 0.1) is 5.92 Å². The Morgan fingerprint density at radius 1 is 1.18 bits per heavy atom. The highest BCUT2D eigenvalue weighted by Crippen LogP contribution is 2.37. The summed E-state index contributed by atoms with van der Waals surface area (Å²) in [6.07, 6.45) is -1.19. The van der Waals surface area contributed by atoms with Crippen molar-refractivity contribution in [1.82, 2.24) is 24.8 Å². The van der Waals surface area contributed by atoms with Crippen LogP contribution in [-0.2, 0) is 6.18 Å². The van der Waals surface area contributed by atoms with Crippen molar-refractivity contribution in [3.05, 3.63) is 48.4 Å². The molecule has 5 rings (SSSR count). The molecule has 0 radical (unpaired) electrons. The van der Waals surface area contributed by atoms with Gasteiger partial charge in [-0.05, 0) is 49.6 Å². The maximum absolute atomic E-state index is 13.7. The van der Waals surface area contributed by atoms with Crippen LogP contribution >= 0.6 is 11.3 Å². The second kappa shape index (κ2) is 10.9. The molecule has 12 heteroatoms. The number of hydrogen-bond donors (Lipinski definition) is 1. The fourth-order valence-corrected chi connectivity index (χ4v) is 5.74. The average molecular weight is 558 g/mol. The summed E-state index contributed by atoms with van der Waals surface area (Å²) in [5.74, 6) is 1.41. The third kappa shape index (κ3) is 6.06. The zero-order valence-electron chi connectivity index (χ0n) is 21.9. The highest BCUT2D eigenvalue weighted by molar-refractivity contribution is 7.22. The summed E-state index contributed by atoms with van der Waals surface area (Å²) in [5.41, 5.74) is 6.39. The minimum Gasteiger partial charge on any atom is -0.437 e. The first-order chi connectivity index (χ1) is 18.6. The molecule has 0 amide bonds. The molecule has 0 unspecified atom stereocenters. The Hall–Kier alpha value is -3.51. The predicted molar refractivity (Wildman–Crippen MR) is 147 cm³/mol. The summed E-state index contributed by atoms with van der Waals surface area (Å²) in [4.78, 5) is 21.2. The first-order valence-corrected chi connectivity index (χ1v) is 13.6. The topological polar surface area (TPSA) is 93.3 Å². The summed E-state index contributed by atoms with van der Waals surface area (Å²) in [7, 11) is 1.78. The second-order valence-corrected chi connectivity index (χ2v) is 11.2. The van der Waals surface area contributed by atoms with Gasteiger partial charge in [0, 0.05) is 37.8 Å². The van der Waals surface area contributed by atoms with Gasteiger partial charge in [-0.2, -0.15) is 13.2 Å².